The maximum absolute atomic E-state index is 13.3. The van der Waals surface area contributed by atoms with E-state index in [-0.39, 0.29) is 5.56 Å². The minimum Gasteiger partial charge on any atom is -0.422 e. The van der Waals surface area contributed by atoms with E-state index in [4.69, 9.17) is 4.42 Å². The van der Waals surface area contributed by atoms with Crippen LogP contribution in [0.15, 0.2) is 38.5 Å². The Hall–Kier alpha value is -2.73. The van der Waals surface area contributed by atoms with E-state index in [0.29, 0.717) is 18.0 Å². The van der Waals surface area contributed by atoms with Crippen LogP contribution in [0.5, 0.6) is 0 Å². The molecule has 1 aliphatic carbocycles. The SMILES string of the molecule is Cc1ccc2c(Cn3cnc4sc5c(c4c3=O)CC[C@@H](C)C5)cc(=O)oc2c1C. The molecule has 4 aromatic rings. The van der Waals surface area contributed by atoms with E-state index in [9.17, 15) is 9.59 Å². The maximum atomic E-state index is 13.3. The van der Waals surface area contributed by atoms with Crippen molar-refractivity contribution in [1.29, 1.82) is 0 Å². The number of fused-ring (bicyclic) bond motifs is 4. The number of hydrogen-bond acceptors (Lipinski definition) is 5. The zero-order valence-electron chi connectivity index (χ0n) is 16.7. The van der Waals surface area contributed by atoms with Crippen molar-refractivity contribution in [2.24, 2.45) is 5.92 Å². The third-order valence-corrected chi connectivity index (χ3v) is 7.30. The molecule has 0 radical (unpaired) electrons. The van der Waals surface area contributed by atoms with Crippen LogP contribution < -0.4 is 11.2 Å². The van der Waals surface area contributed by atoms with Crippen molar-refractivity contribution in [3.63, 3.8) is 0 Å². The highest BCUT2D eigenvalue weighted by atomic mass is 32.1. The molecule has 0 unspecified atom stereocenters. The van der Waals surface area contributed by atoms with E-state index in [1.54, 1.807) is 22.2 Å². The molecule has 0 aliphatic heterocycles. The van der Waals surface area contributed by atoms with Crippen LogP contribution in [0.25, 0.3) is 21.2 Å². The van der Waals surface area contributed by atoms with Gasteiger partial charge in [0.05, 0.1) is 18.3 Å². The number of aryl methyl sites for hydroxylation is 3. The number of nitrogens with zero attached hydrogens (tertiary/aromatic N) is 2. The quantitative estimate of drug-likeness (QED) is 0.464. The zero-order chi connectivity index (χ0) is 20.3. The topological polar surface area (TPSA) is 65.1 Å². The standard InChI is InChI=1S/C23H22N2O3S/c1-12-4-6-17-18(8-12)29-22-20(17)23(27)25(11-24-22)10-15-9-19(26)28-21-14(3)13(2)5-7-16(15)21/h5,7,9,11-12H,4,6,8,10H2,1-3H3/t12-/m1/s1. The van der Waals surface area contributed by atoms with E-state index in [2.05, 4.69) is 11.9 Å². The summed E-state index contributed by atoms with van der Waals surface area (Å²) in [5, 5.41) is 1.62. The van der Waals surface area contributed by atoms with E-state index < -0.39 is 5.63 Å². The highest BCUT2D eigenvalue weighted by Crippen LogP contribution is 2.35. The second kappa shape index (κ2) is 6.66. The smallest absolute Gasteiger partial charge is 0.336 e. The lowest BCUT2D eigenvalue weighted by Gasteiger charge is -2.17. The molecule has 1 aromatic carbocycles. The van der Waals surface area contributed by atoms with Crippen LogP contribution in [0.4, 0.5) is 0 Å². The fourth-order valence-corrected chi connectivity index (χ4v) is 5.66. The van der Waals surface area contributed by atoms with Gasteiger partial charge >= 0.3 is 5.63 Å². The minimum absolute atomic E-state index is 0.0210. The van der Waals surface area contributed by atoms with Crippen molar-refractivity contribution in [3.8, 4) is 0 Å². The molecule has 148 valence electrons. The molecule has 0 fully saturated rings. The van der Waals surface area contributed by atoms with Gasteiger partial charge in [-0.1, -0.05) is 19.1 Å². The van der Waals surface area contributed by atoms with E-state index in [1.165, 1.54) is 16.5 Å². The van der Waals surface area contributed by atoms with Crippen molar-refractivity contribution in [3.05, 3.63) is 72.4 Å². The first-order chi connectivity index (χ1) is 13.9. The summed E-state index contributed by atoms with van der Waals surface area (Å²) in [6.45, 7) is 6.50. The molecule has 5 nitrogen and oxygen atoms in total. The second-order valence-electron chi connectivity index (χ2n) is 8.18. The Bertz CT molecular complexity index is 1390. The molecular formula is C23H22N2O3S. The highest BCUT2D eigenvalue weighted by Gasteiger charge is 2.23. The van der Waals surface area contributed by atoms with Gasteiger partial charge in [-0.15, -0.1) is 11.3 Å². The number of rotatable bonds is 2. The molecular weight excluding hydrogens is 384 g/mol. The second-order valence-corrected chi connectivity index (χ2v) is 9.27. The lowest BCUT2D eigenvalue weighted by molar-refractivity contribution is 0.509. The Balaban J connectivity index is 1.67. The van der Waals surface area contributed by atoms with Crippen LogP contribution in [0.1, 0.15) is 40.5 Å². The van der Waals surface area contributed by atoms with Crippen molar-refractivity contribution in [2.45, 2.75) is 46.6 Å². The molecule has 0 spiro atoms. The largest absolute Gasteiger partial charge is 0.422 e. The first-order valence-electron chi connectivity index (χ1n) is 9.95. The molecule has 0 saturated heterocycles. The third-order valence-electron chi connectivity index (χ3n) is 6.14. The first-order valence-corrected chi connectivity index (χ1v) is 10.8. The summed E-state index contributed by atoms with van der Waals surface area (Å²) in [7, 11) is 0. The van der Waals surface area contributed by atoms with E-state index >= 15 is 0 Å². The van der Waals surface area contributed by atoms with Gasteiger partial charge < -0.3 is 4.42 Å². The molecule has 1 atom stereocenters. The van der Waals surface area contributed by atoms with Gasteiger partial charge in [0.1, 0.15) is 10.4 Å². The van der Waals surface area contributed by atoms with Gasteiger partial charge in [0, 0.05) is 16.3 Å². The average Bonchev–Trinajstić information content (AvgIpc) is 3.05. The summed E-state index contributed by atoms with van der Waals surface area (Å²) in [6, 6.07) is 5.46. The number of aromatic nitrogens is 2. The molecule has 0 amide bonds. The Labute approximate surface area is 171 Å². The highest BCUT2D eigenvalue weighted by molar-refractivity contribution is 7.18. The summed E-state index contributed by atoms with van der Waals surface area (Å²) >= 11 is 1.65. The van der Waals surface area contributed by atoms with Crippen LogP contribution in [0.2, 0.25) is 0 Å². The number of hydrogen-bond donors (Lipinski definition) is 0. The Morgan fingerprint density at radius 1 is 1.28 bits per heavy atom. The molecule has 0 bridgehead atoms. The predicted octanol–water partition coefficient (Wildman–Crippen LogP) is 4.35. The fraction of sp³-hybridized carbons (Fsp3) is 0.348. The summed E-state index contributed by atoms with van der Waals surface area (Å²) in [6.07, 6.45) is 4.68. The Morgan fingerprint density at radius 2 is 2.10 bits per heavy atom. The van der Waals surface area contributed by atoms with Crippen LogP contribution in [-0.4, -0.2) is 9.55 Å². The van der Waals surface area contributed by atoms with Crippen LogP contribution in [-0.2, 0) is 19.4 Å². The molecule has 0 N–H and O–H groups in total. The maximum Gasteiger partial charge on any atom is 0.336 e. The Kier molecular flexibility index (Phi) is 4.21. The van der Waals surface area contributed by atoms with Gasteiger partial charge in [0.2, 0.25) is 0 Å². The lowest BCUT2D eigenvalue weighted by atomic mass is 9.89. The van der Waals surface area contributed by atoms with E-state index in [1.807, 2.05) is 26.0 Å². The van der Waals surface area contributed by atoms with Crippen LogP contribution >= 0.6 is 11.3 Å². The molecule has 3 aromatic heterocycles. The molecule has 29 heavy (non-hydrogen) atoms. The molecule has 1 aliphatic rings. The molecule has 3 heterocycles. The molecule has 0 saturated carbocycles. The number of benzene rings is 1. The minimum atomic E-state index is -0.398. The van der Waals surface area contributed by atoms with Gasteiger partial charge in [0.15, 0.2) is 0 Å². The van der Waals surface area contributed by atoms with Gasteiger partial charge in [-0.25, -0.2) is 9.78 Å². The summed E-state index contributed by atoms with van der Waals surface area (Å²) in [5.41, 5.74) is 4.15. The van der Waals surface area contributed by atoms with Gasteiger partial charge in [0.25, 0.3) is 5.56 Å². The summed E-state index contributed by atoms with van der Waals surface area (Å²) < 4.78 is 7.09. The third kappa shape index (κ3) is 2.94. The molecule has 5 rings (SSSR count). The average molecular weight is 407 g/mol. The summed E-state index contributed by atoms with van der Waals surface area (Å²) in [4.78, 5) is 32.2. The van der Waals surface area contributed by atoms with Crippen LogP contribution in [0.3, 0.4) is 0 Å². The zero-order valence-corrected chi connectivity index (χ0v) is 17.6. The predicted molar refractivity (Wildman–Crippen MR) is 116 cm³/mol. The Morgan fingerprint density at radius 3 is 2.93 bits per heavy atom. The van der Waals surface area contributed by atoms with Crippen molar-refractivity contribution in [2.75, 3.05) is 0 Å². The van der Waals surface area contributed by atoms with Crippen molar-refractivity contribution >= 4 is 32.5 Å². The fourth-order valence-electron chi connectivity index (χ4n) is 4.32. The summed E-state index contributed by atoms with van der Waals surface area (Å²) in [5.74, 6) is 0.652. The normalized spacial score (nSPS) is 16.4. The lowest BCUT2D eigenvalue weighted by Crippen LogP contribution is -2.22. The monoisotopic (exact) mass is 406 g/mol. The van der Waals surface area contributed by atoms with Crippen LogP contribution in [0, 0.1) is 19.8 Å². The van der Waals surface area contributed by atoms with E-state index in [0.717, 1.165) is 51.6 Å². The van der Waals surface area contributed by atoms with Crippen molar-refractivity contribution in [1.82, 2.24) is 9.55 Å². The van der Waals surface area contributed by atoms with Crippen molar-refractivity contribution < 1.29 is 4.42 Å². The van der Waals surface area contributed by atoms with Gasteiger partial charge in [-0.3, -0.25) is 9.36 Å². The first kappa shape index (κ1) is 18.3. The van der Waals surface area contributed by atoms with Gasteiger partial charge in [-0.2, -0.15) is 0 Å². The van der Waals surface area contributed by atoms with Gasteiger partial charge in [-0.05, 0) is 61.3 Å². The number of thiophene rings is 1. The molecule has 6 heteroatoms.